The number of rotatable bonds is 3. The third kappa shape index (κ3) is 3.49. The van der Waals surface area contributed by atoms with Gasteiger partial charge in [-0.15, -0.1) is 0 Å². The van der Waals surface area contributed by atoms with Crippen molar-refractivity contribution in [3.8, 4) is 0 Å². The van der Waals surface area contributed by atoms with E-state index in [4.69, 9.17) is 4.74 Å². The molecule has 0 amide bonds. The second-order valence-corrected chi connectivity index (χ2v) is 8.23. The van der Waals surface area contributed by atoms with Gasteiger partial charge in [-0.25, -0.2) is 4.79 Å². The van der Waals surface area contributed by atoms with E-state index in [1.807, 2.05) is 20.8 Å². The molecule has 0 radical (unpaired) electrons. The SMILES string of the molecule is C=C(C)C1CC2(C)C(C)CC(=O)CC2C(OC(=O)C=C(C)C)C1O. The number of carbonyl (C=O) groups excluding carboxylic acids is 2. The number of hydrogen-bond donors (Lipinski definition) is 1. The number of carbonyl (C=O) groups is 2. The van der Waals surface area contributed by atoms with E-state index in [0.29, 0.717) is 12.8 Å². The lowest BCUT2D eigenvalue weighted by Crippen LogP contribution is -2.58. The molecule has 0 heterocycles. The maximum atomic E-state index is 12.2. The Morgan fingerprint density at radius 3 is 2.50 bits per heavy atom. The molecule has 134 valence electrons. The van der Waals surface area contributed by atoms with Crippen LogP contribution in [0.15, 0.2) is 23.8 Å². The standard InChI is InChI=1S/C20H30O4/c1-11(2)7-17(22)24-19-16-9-14(21)8-13(5)20(16,6)10-15(12(3)4)18(19)23/h7,13,15-16,18-19,23H,3,8-10H2,1-2,4-6H3. The first-order chi connectivity index (χ1) is 11.1. The minimum absolute atomic E-state index is 0.119. The van der Waals surface area contributed by atoms with Crippen LogP contribution in [0.4, 0.5) is 0 Å². The molecule has 0 bridgehead atoms. The Hall–Kier alpha value is -1.42. The molecule has 4 heteroatoms. The summed E-state index contributed by atoms with van der Waals surface area (Å²) in [7, 11) is 0. The predicted octanol–water partition coefficient (Wildman–Crippen LogP) is 3.44. The van der Waals surface area contributed by atoms with Crippen LogP contribution in [0.3, 0.4) is 0 Å². The van der Waals surface area contributed by atoms with E-state index >= 15 is 0 Å². The van der Waals surface area contributed by atoms with E-state index in [1.165, 1.54) is 6.08 Å². The first kappa shape index (κ1) is 18.9. The van der Waals surface area contributed by atoms with Gasteiger partial charge in [-0.2, -0.15) is 0 Å². The molecule has 24 heavy (non-hydrogen) atoms. The Kier molecular flexibility index (Phi) is 5.38. The molecule has 1 N–H and O–H groups in total. The van der Waals surface area contributed by atoms with Crippen LogP contribution in [-0.2, 0) is 14.3 Å². The molecule has 0 spiro atoms. The number of ketones is 1. The van der Waals surface area contributed by atoms with Crippen LogP contribution in [0.1, 0.15) is 53.9 Å². The number of ether oxygens (including phenoxy) is 1. The highest BCUT2D eigenvalue weighted by Crippen LogP contribution is 2.55. The van der Waals surface area contributed by atoms with Gasteiger partial charge >= 0.3 is 5.97 Å². The molecular weight excluding hydrogens is 304 g/mol. The molecule has 0 aromatic rings. The van der Waals surface area contributed by atoms with Crippen LogP contribution in [0, 0.1) is 23.2 Å². The van der Waals surface area contributed by atoms with E-state index in [1.54, 1.807) is 0 Å². The molecular formula is C20H30O4. The fourth-order valence-electron chi connectivity index (χ4n) is 4.43. The maximum absolute atomic E-state index is 12.2. The highest BCUT2D eigenvalue weighted by Gasteiger charge is 2.56. The molecule has 2 rings (SSSR count). The summed E-state index contributed by atoms with van der Waals surface area (Å²) in [5.74, 6) is -0.327. The number of Topliss-reactive ketones (excluding diaryl/α,β-unsaturated/α-hetero) is 1. The van der Waals surface area contributed by atoms with Gasteiger partial charge in [0.15, 0.2) is 0 Å². The minimum atomic E-state index is -0.812. The monoisotopic (exact) mass is 334 g/mol. The lowest BCUT2D eigenvalue weighted by atomic mass is 9.51. The molecule has 6 atom stereocenters. The molecule has 0 aromatic heterocycles. The van der Waals surface area contributed by atoms with Crippen molar-refractivity contribution >= 4 is 11.8 Å². The first-order valence-electron chi connectivity index (χ1n) is 8.77. The number of fused-ring (bicyclic) bond motifs is 1. The first-order valence-corrected chi connectivity index (χ1v) is 8.77. The second kappa shape index (κ2) is 6.83. The third-order valence-corrected chi connectivity index (χ3v) is 6.05. The summed E-state index contributed by atoms with van der Waals surface area (Å²) < 4.78 is 5.67. The van der Waals surface area contributed by atoms with Crippen molar-refractivity contribution in [1.82, 2.24) is 0 Å². The fourth-order valence-corrected chi connectivity index (χ4v) is 4.43. The van der Waals surface area contributed by atoms with Crippen molar-refractivity contribution in [1.29, 1.82) is 0 Å². The van der Waals surface area contributed by atoms with Crippen molar-refractivity contribution in [2.24, 2.45) is 23.2 Å². The summed E-state index contributed by atoms with van der Waals surface area (Å²) in [6.45, 7) is 13.8. The van der Waals surface area contributed by atoms with Gasteiger partial charge in [-0.1, -0.05) is 31.6 Å². The van der Waals surface area contributed by atoms with Crippen molar-refractivity contribution in [3.05, 3.63) is 23.8 Å². The van der Waals surface area contributed by atoms with Crippen LogP contribution in [-0.4, -0.2) is 29.1 Å². The Labute approximate surface area is 145 Å². The maximum Gasteiger partial charge on any atom is 0.331 e. The average Bonchev–Trinajstić information content (AvgIpc) is 2.44. The summed E-state index contributed by atoms with van der Waals surface area (Å²) in [5.41, 5.74) is 1.60. The van der Waals surface area contributed by atoms with Crippen LogP contribution >= 0.6 is 0 Å². The van der Waals surface area contributed by atoms with E-state index in [2.05, 4.69) is 20.4 Å². The zero-order valence-corrected chi connectivity index (χ0v) is 15.5. The number of esters is 1. The molecule has 2 fully saturated rings. The Morgan fingerprint density at radius 1 is 1.33 bits per heavy atom. The molecule has 0 saturated heterocycles. The Balaban J connectivity index is 2.39. The second-order valence-electron chi connectivity index (χ2n) is 8.23. The Bertz CT molecular complexity index is 572. The molecule has 2 aliphatic carbocycles. The van der Waals surface area contributed by atoms with Gasteiger partial charge in [0.1, 0.15) is 11.9 Å². The quantitative estimate of drug-likeness (QED) is 0.488. The number of aliphatic hydroxyl groups is 1. The van der Waals surface area contributed by atoms with Gasteiger partial charge in [0, 0.05) is 30.8 Å². The smallest absolute Gasteiger partial charge is 0.331 e. The average molecular weight is 334 g/mol. The van der Waals surface area contributed by atoms with Crippen molar-refractivity contribution in [2.45, 2.75) is 66.1 Å². The summed E-state index contributed by atoms with van der Waals surface area (Å²) in [6, 6.07) is 0. The van der Waals surface area contributed by atoms with Crippen molar-refractivity contribution in [2.75, 3.05) is 0 Å². The van der Waals surface area contributed by atoms with Crippen LogP contribution in [0.5, 0.6) is 0 Å². The predicted molar refractivity (Wildman–Crippen MR) is 93.2 cm³/mol. The lowest BCUT2D eigenvalue weighted by molar-refractivity contribution is -0.186. The van der Waals surface area contributed by atoms with Gasteiger partial charge in [-0.3, -0.25) is 4.79 Å². The number of hydrogen-bond acceptors (Lipinski definition) is 4. The van der Waals surface area contributed by atoms with Crippen LogP contribution < -0.4 is 0 Å². The van der Waals surface area contributed by atoms with E-state index < -0.39 is 18.2 Å². The van der Waals surface area contributed by atoms with Crippen LogP contribution in [0.2, 0.25) is 0 Å². The lowest BCUT2D eigenvalue weighted by Gasteiger charge is -2.55. The summed E-state index contributed by atoms with van der Waals surface area (Å²) >= 11 is 0. The van der Waals surface area contributed by atoms with Gasteiger partial charge < -0.3 is 9.84 Å². The number of aliphatic hydroxyl groups excluding tert-OH is 1. The molecule has 6 unspecified atom stereocenters. The van der Waals surface area contributed by atoms with Gasteiger partial charge in [0.25, 0.3) is 0 Å². The molecule has 2 aliphatic rings. The summed E-state index contributed by atoms with van der Waals surface area (Å²) in [6.07, 6.45) is 1.66. The van der Waals surface area contributed by atoms with Gasteiger partial charge in [0.05, 0.1) is 6.10 Å². The topological polar surface area (TPSA) is 63.6 Å². The summed E-state index contributed by atoms with van der Waals surface area (Å²) in [5, 5.41) is 10.8. The highest BCUT2D eigenvalue weighted by molar-refractivity contribution is 5.83. The van der Waals surface area contributed by atoms with Crippen molar-refractivity contribution in [3.63, 3.8) is 0 Å². The van der Waals surface area contributed by atoms with Gasteiger partial charge in [0.2, 0.25) is 0 Å². The molecule has 2 saturated carbocycles. The summed E-state index contributed by atoms with van der Waals surface area (Å²) in [4.78, 5) is 24.3. The molecule has 0 aromatic carbocycles. The van der Waals surface area contributed by atoms with E-state index in [9.17, 15) is 14.7 Å². The van der Waals surface area contributed by atoms with E-state index in [-0.39, 0.29) is 29.0 Å². The van der Waals surface area contributed by atoms with Crippen LogP contribution in [0.25, 0.3) is 0 Å². The van der Waals surface area contributed by atoms with E-state index in [0.717, 1.165) is 17.6 Å². The molecule has 4 nitrogen and oxygen atoms in total. The minimum Gasteiger partial charge on any atom is -0.456 e. The largest absolute Gasteiger partial charge is 0.456 e. The number of allylic oxidation sites excluding steroid dienone is 1. The highest BCUT2D eigenvalue weighted by atomic mass is 16.6. The Morgan fingerprint density at radius 2 is 1.96 bits per heavy atom. The fraction of sp³-hybridized carbons (Fsp3) is 0.700. The zero-order chi connectivity index (χ0) is 18.2. The van der Waals surface area contributed by atoms with Crippen molar-refractivity contribution < 1.29 is 19.4 Å². The van der Waals surface area contributed by atoms with Gasteiger partial charge in [-0.05, 0) is 38.5 Å². The zero-order valence-electron chi connectivity index (χ0n) is 15.5. The third-order valence-electron chi connectivity index (χ3n) is 6.05. The molecule has 0 aliphatic heterocycles. The normalized spacial score (nSPS) is 38.9.